The maximum absolute atomic E-state index is 12.7. The maximum atomic E-state index is 12.7. The number of amides is 1. The lowest BCUT2D eigenvalue weighted by molar-refractivity contribution is 0.0954. The molecule has 0 aliphatic heterocycles. The number of halogens is 1. The van der Waals surface area contributed by atoms with Crippen molar-refractivity contribution in [2.45, 2.75) is 11.8 Å². The van der Waals surface area contributed by atoms with E-state index >= 15 is 0 Å². The van der Waals surface area contributed by atoms with E-state index in [4.69, 9.17) is 11.6 Å². The molecule has 34 heavy (non-hydrogen) atoms. The van der Waals surface area contributed by atoms with Gasteiger partial charge in [0.15, 0.2) is 0 Å². The van der Waals surface area contributed by atoms with Gasteiger partial charge in [0.2, 0.25) is 0 Å². The first-order valence-electron chi connectivity index (χ1n) is 10.1. The van der Waals surface area contributed by atoms with Gasteiger partial charge in [-0.25, -0.2) is 18.8 Å². The third-order valence-electron chi connectivity index (χ3n) is 4.90. The van der Waals surface area contributed by atoms with E-state index in [-0.39, 0.29) is 10.5 Å². The van der Waals surface area contributed by atoms with Gasteiger partial charge in [0.25, 0.3) is 15.9 Å². The van der Waals surface area contributed by atoms with Crippen LogP contribution < -0.4 is 10.1 Å². The number of hydrogen-bond acceptors (Lipinski definition) is 5. The number of aromatic nitrogens is 2. The van der Waals surface area contributed by atoms with Crippen molar-refractivity contribution < 1.29 is 13.2 Å². The number of carbonyl (C=O) groups excluding carboxylic acids is 1. The second-order valence-electron chi connectivity index (χ2n) is 7.30. The number of anilines is 1. The van der Waals surface area contributed by atoms with Crippen LogP contribution in [0.3, 0.4) is 0 Å². The summed E-state index contributed by atoms with van der Waals surface area (Å²) < 4.78 is 29.8. The number of hydrogen-bond donors (Lipinski definition) is 2. The normalized spacial score (nSPS) is 11.8. The van der Waals surface area contributed by atoms with Gasteiger partial charge in [0, 0.05) is 28.7 Å². The molecule has 8 nitrogen and oxygen atoms in total. The summed E-state index contributed by atoms with van der Waals surface area (Å²) in [4.78, 5) is 16.6. The molecule has 1 heterocycles. The molecule has 1 amide bonds. The molecule has 0 unspecified atom stereocenters. The van der Waals surface area contributed by atoms with Crippen LogP contribution >= 0.6 is 11.6 Å². The van der Waals surface area contributed by atoms with Crippen LogP contribution in [0.2, 0.25) is 5.02 Å². The van der Waals surface area contributed by atoms with Crippen LogP contribution in [0.15, 0.2) is 102 Å². The van der Waals surface area contributed by atoms with Gasteiger partial charge in [0.05, 0.1) is 22.6 Å². The fraction of sp³-hybridized carbons (Fsp3) is 0.0417. The number of rotatable bonds is 7. The van der Waals surface area contributed by atoms with Crippen molar-refractivity contribution >= 4 is 38.9 Å². The van der Waals surface area contributed by atoms with Crippen LogP contribution in [0.4, 0.5) is 5.69 Å². The number of imidazole rings is 1. The molecule has 4 rings (SSSR count). The molecule has 4 aromatic rings. The number of nitrogens with one attached hydrogen (secondary N) is 2. The van der Waals surface area contributed by atoms with Crippen molar-refractivity contribution in [3.8, 4) is 5.69 Å². The first-order chi connectivity index (χ1) is 16.3. The topological polar surface area (TPSA) is 105 Å². The number of benzene rings is 3. The van der Waals surface area contributed by atoms with E-state index in [1.807, 2.05) is 35.0 Å². The molecule has 3 aromatic carbocycles. The molecular formula is C24H20ClN5O3S. The van der Waals surface area contributed by atoms with Gasteiger partial charge >= 0.3 is 0 Å². The van der Waals surface area contributed by atoms with Gasteiger partial charge in [-0.15, -0.1) is 0 Å². The third kappa shape index (κ3) is 5.51. The molecule has 0 aliphatic rings. The molecule has 0 bridgehead atoms. The van der Waals surface area contributed by atoms with Crippen LogP contribution in [-0.2, 0) is 10.0 Å². The van der Waals surface area contributed by atoms with Crippen LogP contribution in [0, 0.1) is 0 Å². The van der Waals surface area contributed by atoms with Gasteiger partial charge in [-0.3, -0.25) is 9.52 Å². The van der Waals surface area contributed by atoms with E-state index < -0.39 is 15.9 Å². The summed E-state index contributed by atoms with van der Waals surface area (Å²) in [6, 6.07) is 19.6. The number of hydrazone groups is 1. The van der Waals surface area contributed by atoms with E-state index in [1.54, 1.807) is 37.6 Å². The van der Waals surface area contributed by atoms with Crippen molar-refractivity contribution in [3.05, 3.63) is 108 Å². The molecular weight excluding hydrogens is 474 g/mol. The highest BCUT2D eigenvalue weighted by molar-refractivity contribution is 7.92. The molecule has 0 spiro atoms. The highest BCUT2D eigenvalue weighted by Gasteiger charge is 2.17. The molecule has 2 N–H and O–H groups in total. The first-order valence-corrected chi connectivity index (χ1v) is 12.0. The average molecular weight is 494 g/mol. The van der Waals surface area contributed by atoms with Crippen molar-refractivity contribution in [1.29, 1.82) is 0 Å². The quantitative estimate of drug-likeness (QED) is 0.292. The Balaban J connectivity index is 1.46. The molecule has 0 saturated heterocycles. The zero-order valence-electron chi connectivity index (χ0n) is 18.0. The Hall–Kier alpha value is -3.95. The Morgan fingerprint density at radius 3 is 2.47 bits per heavy atom. The van der Waals surface area contributed by atoms with E-state index in [1.165, 1.54) is 30.3 Å². The minimum absolute atomic E-state index is 0.0593. The minimum atomic E-state index is -3.91. The van der Waals surface area contributed by atoms with Crippen molar-refractivity contribution in [3.63, 3.8) is 0 Å². The summed E-state index contributed by atoms with van der Waals surface area (Å²) in [5, 5.41) is 4.55. The van der Waals surface area contributed by atoms with E-state index in [2.05, 4.69) is 20.2 Å². The fourth-order valence-corrected chi connectivity index (χ4v) is 4.41. The summed E-state index contributed by atoms with van der Waals surface area (Å²) in [6.45, 7) is 1.77. The zero-order valence-corrected chi connectivity index (χ0v) is 19.6. The number of nitrogens with zero attached hydrogens (tertiary/aromatic N) is 3. The van der Waals surface area contributed by atoms with Gasteiger partial charge in [-0.2, -0.15) is 5.10 Å². The summed E-state index contributed by atoms with van der Waals surface area (Å²) in [6.07, 6.45) is 5.24. The lowest BCUT2D eigenvalue weighted by Crippen LogP contribution is -2.20. The Morgan fingerprint density at radius 1 is 1.00 bits per heavy atom. The van der Waals surface area contributed by atoms with Gasteiger partial charge in [0.1, 0.15) is 0 Å². The highest BCUT2D eigenvalue weighted by Crippen LogP contribution is 2.20. The minimum Gasteiger partial charge on any atom is -0.306 e. The Labute approximate surface area is 202 Å². The monoisotopic (exact) mass is 493 g/mol. The largest absolute Gasteiger partial charge is 0.306 e. The Kier molecular flexibility index (Phi) is 6.76. The summed E-state index contributed by atoms with van der Waals surface area (Å²) >= 11 is 5.92. The standard InChI is InChI=1S/C24H20ClN5O3S/c1-17(18-8-10-22(11-9-18)30-13-12-26-16-30)27-28-24(31)19-4-2-7-23(14-19)34(32,33)29-21-6-3-5-20(25)15-21/h2-16,29H,1H3,(H,28,31). The molecule has 1 aromatic heterocycles. The molecule has 0 fully saturated rings. The smallest absolute Gasteiger partial charge is 0.271 e. The molecule has 0 atom stereocenters. The van der Waals surface area contributed by atoms with Crippen molar-refractivity contribution in [2.75, 3.05) is 4.72 Å². The predicted molar refractivity (Wildman–Crippen MR) is 132 cm³/mol. The molecule has 172 valence electrons. The SMILES string of the molecule is CC(=NNC(=O)c1cccc(S(=O)(=O)Nc2cccc(Cl)c2)c1)c1ccc(-n2ccnc2)cc1. The lowest BCUT2D eigenvalue weighted by atomic mass is 10.1. The Bertz CT molecular complexity index is 1450. The third-order valence-corrected chi connectivity index (χ3v) is 6.51. The highest BCUT2D eigenvalue weighted by atomic mass is 35.5. The molecule has 0 aliphatic carbocycles. The zero-order chi connectivity index (χ0) is 24.1. The summed E-state index contributed by atoms with van der Waals surface area (Å²) in [5.74, 6) is -0.533. The van der Waals surface area contributed by atoms with Crippen LogP contribution in [0.5, 0.6) is 0 Å². The second kappa shape index (κ2) is 9.90. The van der Waals surface area contributed by atoms with Gasteiger partial charge in [-0.05, 0) is 61.0 Å². The van der Waals surface area contributed by atoms with E-state index in [0.717, 1.165) is 11.3 Å². The van der Waals surface area contributed by atoms with E-state index in [0.29, 0.717) is 16.4 Å². The summed E-state index contributed by atoms with van der Waals surface area (Å²) in [7, 11) is -3.91. The van der Waals surface area contributed by atoms with Crippen molar-refractivity contribution in [2.24, 2.45) is 5.10 Å². The summed E-state index contributed by atoms with van der Waals surface area (Å²) in [5.41, 5.74) is 5.32. The lowest BCUT2D eigenvalue weighted by Gasteiger charge is -2.10. The predicted octanol–water partition coefficient (Wildman–Crippen LogP) is 4.48. The van der Waals surface area contributed by atoms with E-state index in [9.17, 15) is 13.2 Å². The number of sulfonamides is 1. The molecule has 0 radical (unpaired) electrons. The van der Waals surface area contributed by atoms with Crippen LogP contribution in [-0.4, -0.2) is 29.6 Å². The second-order valence-corrected chi connectivity index (χ2v) is 9.42. The van der Waals surface area contributed by atoms with Crippen LogP contribution in [0.25, 0.3) is 5.69 Å². The first kappa shape index (κ1) is 23.2. The number of carbonyl (C=O) groups is 1. The molecule has 10 heteroatoms. The Morgan fingerprint density at radius 2 is 1.76 bits per heavy atom. The maximum Gasteiger partial charge on any atom is 0.271 e. The van der Waals surface area contributed by atoms with Gasteiger partial charge < -0.3 is 4.57 Å². The van der Waals surface area contributed by atoms with Gasteiger partial charge in [-0.1, -0.05) is 35.9 Å². The fourth-order valence-electron chi connectivity index (χ4n) is 3.12. The van der Waals surface area contributed by atoms with Crippen molar-refractivity contribution in [1.82, 2.24) is 15.0 Å². The van der Waals surface area contributed by atoms with Crippen LogP contribution in [0.1, 0.15) is 22.8 Å². The molecule has 0 saturated carbocycles. The average Bonchev–Trinajstić information content (AvgIpc) is 3.37.